The summed E-state index contributed by atoms with van der Waals surface area (Å²) >= 11 is 0. The van der Waals surface area contributed by atoms with Crippen LogP contribution in [0.4, 0.5) is 0 Å². The first kappa shape index (κ1) is 24.4. The monoisotopic (exact) mass is 549 g/mol. The summed E-state index contributed by atoms with van der Waals surface area (Å²) < 4.78 is 36.7. The summed E-state index contributed by atoms with van der Waals surface area (Å²) in [6.07, 6.45) is 1.38. The summed E-state index contributed by atoms with van der Waals surface area (Å²) in [7, 11) is -1.78. The second-order valence-electron chi connectivity index (χ2n) is 6.65. The molecule has 0 bridgehead atoms. The Kier molecular flexibility index (Phi) is 9.37. The van der Waals surface area contributed by atoms with Gasteiger partial charge in [0.1, 0.15) is 17.8 Å². The fourth-order valence-corrected chi connectivity index (χ4v) is 4.56. The van der Waals surface area contributed by atoms with Gasteiger partial charge in [0.2, 0.25) is 10.0 Å². The number of rotatable bonds is 7. The molecule has 2 heterocycles. The average Bonchev–Trinajstić information content (AvgIpc) is 3.23. The van der Waals surface area contributed by atoms with Crippen LogP contribution in [0.25, 0.3) is 0 Å². The number of methoxy groups -OCH3 is 1. The molecule has 1 aromatic heterocycles. The number of hydrogen-bond acceptors (Lipinski definition) is 6. The number of nitrogens with one attached hydrogen (secondary N) is 1. The van der Waals surface area contributed by atoms with E-state index in [0.29, 0.717) is 38.4 Å². The predicted molar refractivity (Wildman–Crippen MR) is 125 cm³/mol. The van der Waals surface area contributed by atoms with Gasteiger partial charge in [-0.05, 0) is 24.6 Å². The van der Waals surface area contributed by atoms with E-state index in [1.165, 1.54) is 10.6 Å². The number of ether oxygens (including phenoxy) is 1. The molecule has 0 unspecified atom stereocenters. The molecule has 11 heteroatoms. The molecule has 1 saturated heterocycles. The van der Waals surface area contributed by atoms with Crippen LogP contribution in [-0.4, -0.2) is 68.6 Å². The van der Waals surface area contributed by atoms with Gasteiger partial charge in [-0.2, -0.15) is 4.31 Å². The third kappa shape index (κ3) is 6.57. The van der Waals surface area contributed by atoms with E-state index in [-0.39, 0.29) is 29.7 Å². The molecule has 0 spiro atoms. The quantitative estimate of drug-likeness (QED) is 0.320. The van der Waals surface area contributed by atoms with E-state index in [2.05, 4.69) is 15.4 Å². The highest BCUT2D eigenvalue weighted by atomic mass is 127. The summed E-state index contributed by atoms with van der Waals surface area (Å²) in [4.78, 5) is 6.81. The van der Waals surface area contributed by atoms with Crippen LogP contribution in [0.2, 0.25) is 0 Å². The Bertz CT molecular complexity index is 913. The number of sulfonamides is 1. The number of hydrogen-bond donors (Lipinski definition) is 1. The molecule has 1 aliphatic heterocycles. The summed E-state index contributed by atoms with van der Waals surface area (Å²) in [6, 6.07) is 9.38. The lowest BCUT2D eigenvalue weighted by atomic mass is 10.2. The minimum Gasteiger partial charge on any atom is -0.497 e. The van der Waals surface area contributed by atoms with Crippen molar-refractivity contribution in [3.05, 3.63) is 47.9 Å². The number of halogens is 1. The van der Waals surface area contributed by atoms with Crippen LogP contribution in [-0.2, 0) is 22.3 Å². The number of aromatic nitrogens is 1. The van der Waals surface area contributed by atoms with Gasteiger partial charge in [-0.25, -0.2) is 13.4 Å². The third-order valence-electron chi connectivity index (χ3n) is 4.63. The fraction of sp³-hybridized carbons (Fsp3) is 0.474. The largest absolute Gasteiger partial charge is 0.497 e. The Labute approximate surface area is 194 Å². The molecule has 1 aromatic carbocycles. The summed E-state index contributed by atoms with van der Waals surface area (Å²) in [5.41, 5.74) is 1.47. The molecule has 30 heavy (non-hydrogen) atoms. The van der Waals surface area contributed by atoms with Crippen LogP contribution in [0.15, 0.2) is 46.1 Å². The number of benzene rings is 1. The van der Waals surface area contributed by atoms with Gasteiger partial charge >= 0.3 is 0 Å². The zero-order chi connectivity index (χ0) is 20.7. The summed E-state index contributed by atoms with van der Waals surface area (Å²) in [6.45, 7) is 5.23. The number of aliphatic imine (C=N–C) groups is 1. The Morgan fingerprint density at radius 3 is 2.67 bits per heavy atom. The van der Waals surface area contributed by atoms with E-state index in [1.807, 2.05) is 31.2 Å². The van der Waals surface area contributed by atoms with E-state index in [1.54, 1.807) is 13.2 Å². The lowest BCUT2D eigenvalue weighted by molar-refractivity contribution is 0.259. The maximum absolute atomic E-state index is 12.6. The van der Waals surface area contributed by atoms with E-state index in [9.17, 15) is 8.42 Å². The van der Waals surface area contributed by atoms with Crippen molar-refractivity contribution in [2.45, 2.75) is 19.2 Å². The van der Waals surface area contributed by atoms with Crippen LogP contribution in [0.1, 0.15) is 18.2 Å². The third-order valence-corrected chi connectivity index (χ3v) is 6.45. The smallest absolute Gasteiger partial charge is 0.220 e. The second kappa shape index (κ2) is 11.5. The van der Waals surface area contributed by atoms with Gasteiger partial charge in [-0.3, -0.25) is 0 Å². The zero-order valence-electron chi connectivity index (χ0n) is 17.2. The van der Waals surface area contributed by atoms with E-state index >= 15 is 0 Å². The Hall–Kier alpha value is -1.86. The van der Waals surface area contributed by atoms with Crippen molar-refractivity contribution in [2.75, 3.05) is 39.8 Å². The molecule has 0 aliphatic carbocycles. The van der Waals surface area contributed by atoms with Crippen LogP contribution in [0.3, 0.4) is 0 Å². The summed E-state index contributed by atoms with van der Waals surface area (Å²) in [5.74, 6) is 1.44. The molecule has 9 nitrogen and oxygen atoms in total. The highest BCUT2D eigenvalue weighted by Gasteiger charge is 2.28. The maximum atomic E-state index is 12.6. The van der Waals surface area contributed by atoms with Gasteiger partial charge in [0.05, 0.1) is 19.3 Å². The van der Waals surface area contributed by atoms with Gasteiger partial charge in [0.15, 0.2) is 5.96 Å². The van der Waals surface area contributed by atoms with Crippen molar-refractivity contribution in [1.82, 2.24) is 19.7 Å². The highest BCUT2D eigenvalue weighted by molar-refractivity contribution is 14.0. The molecule has 0 radical (unpaired) electrons. The molecule has 2 aromatic rings. The topological polar surface area (TPSA) is 100 Å². The molecule has 1 fully saturated rings. The standard InChI is InChI=1S/C19H27N5O4S.HI/c1-3-20-19(21-14-16-5-4-6-18(13-16)27-2)23-8-10-24(11-9-23)29(25,26)15-17-7-12-28-22-17;/h4-7,12-13H,3,8-11,14-15H2,1-2H3,(H,20,21);1H. The van der Waals surface area contributed by atoms with Crippen molar-refractivity contribution < 1.29 is 17.7 Å². The Morgan fingerprint density at radius 1 is 1.27 bits per heavy atom. The van der Waals surface area contributed by atoms with Gasteiger partial charge in [-0.15, -0.1) is 24.0 Å². The van der Waals surface area contributed by atoms with E-state index in [4.69, 9.17) is 14.3 Å². The van der Waals surface area contributed by atoms with Gasteiger partial charge in [0, 0.05) is 38.8 Å². The van der Waals surface area contributed by atoms with Crippen molar-refractivity contribution in [1.29, 1.82) is 0 Å². The summed E-state index contributed by atoms with van der Waals surface area (Å²) in [5, 5.41) is 7.00. The number of nitrogens with zero attached hydrogens (tertiary/aromatic N) is 4. The Balaban J connectivity index is 0.00000320. The van der Waals surface area contributed by atoms with Gasteiger partial charge in [-0.1, -0.05) is 17.3 Å². The Morgan fingerprint density at radius 2 is 2.03 bits per heavy atom. The van der Waals surface area contributed by atoms with Crippen LogP contribution < -0.4 is 10.1 Å². The maximum Gasteiger partial charge on any atom is 0.220 e. The van der Waals surface area contributed by atoms with Gasteiger partial charge < -0.3 is 19.5 Å². The predicted octanol–water partition coefficient (Wildman–Crippen LogP) is 1.91. The van der Waals surface area contributed by atoms with Crippen LogP contribution in [0.5, 0.6) is 5.75 Å². The normalized spacial score (nSPS) is 15.5. The SMILES string of the molecule is CCNC(=NCc1cccc(OC)c1)N1CCN(S(=O)(=O)Cc2ccon2)CC1.I. The molecule has 0 atom stereocenters. The molecule has 0 amide bonds. The molecule has 3 rings (SSSR count). The van der Waals surface area contributed by atoms with Crippen LogP contribution >= 0.6 is 24.0 Å². The van der Waals surface area contributed by atoms with E-state index in [0.717, 1.165) is 23.8 Å². The molecular weight excluding hydrogens is 521 g/mol. The van der Waals surface area contributed by atoms with Crippen molar-refractivity contribution in [3.63, 3.8) is 0 Å². The van der Waals surface area contributed by atoms with Crippen LogP contribution in [0, 0.1) is 0 Å². The fourth-order valence-electron chi connectivity index (χ4n) is 3.13. The second-order valence-corrected chi connectivity index (χ2v) is 8.62. The van der Waals surface area contributed by atoms with Gasteiger partial charge in [0.25, 0.3) is 0 Å². The zero-order valence-corrected chi connectivity index (χ0v) is 20.3. The average molecular weight is 549 g/mol. The molecule has 1 N–H and O–H groups in total. The molecule has 0 saturated carbocycles. The first-order valence-corrected chi connectivity index (χ1v) is 11.2. The van der Waals surface area contributed by atoms with Crippen molar-refractivity contribution >= 4 is 40.0 Å². The number of guanidine groups is 1. The molecule has 166 valence electrons. The van der Waals surface area contributed by atoms with E-state index < -0.39 is 10.0 Å². The van der Waals surface area contributed by atoms with Crippen molar-refractivity contribution in [2.24, 2.45) is 4.99 Å². The minimum atomic E-state index is -3.42. The lowest BCUT2D eigenvalue weighted by Crippen LogP contribution is -2.53. The number of piperazine rings is 1. The van der Waals surface area contributed by atoms with Crippen molar-refractivity contribution in [3.8, 4) is 5.75 Å². The first-order valence-electron chi connectivity index (χ1n) is 9.55. The highest BCUT2D eigenvalue weighted by Crippen LogP contribution is 2.15. The lowest BCUT2D eigenvalue weighted by Gasteiger charge is -2.35. The minimum absolute atomic E-state index is 0. The molecule has 1 aliphatic rings. The first-order chi connectivity index (χ1) is 14.0. The molecular formula is C19H28IN5O4S.